The van der Waals surface area contributed by atoms with Crippen molar-refractivity contribution in [3.63, 3.8) is 0 Å². The lowest BCUT2D eigenvalue weighted by Crippen LogP contribution is -2.43. The van der Waals surface area contributed by atoms with E-state index in [9.17, 15) is 4.79 Å². The normalized spacial score (nSPS) is 20.0. The Hall–Kier alpha value is -2.07. The number of fused-ring (bicyclic) bond motifs is 1. The van der Waals surface area contributed by atoms with Crippen molar-refractivity contribution in [3.8, 4) is 0 Å². The van der Waals surface area contributed by atoms with Gasteiger partial charge in [-0.05, 0) is 31.5 Å². The topological polar surface area (TPSA) is 38.7 Å². The molecule has 0 spiro atoms. The summed E-state index contributed by atoms with van der Waals surface area (Å²) in [4.78, 5) is 18.4. The first-order valence-electron chi connectivity index (χ1n) is 7.25. The molecule has 1 unspecified atom stereocenters. The van der Waals surface area contributed by atoms with Gasteiger partial charge >= 0.3 is 5.97 Å². The van der Waals surface area contributed by atoms with Gasteiger partial charge in [-0.3, -0.25) is 4.79 Å². The maximum Gasteiger partial charge on any atom is 0.328 e. The Morgan fingerprint density at radius 2 is 1.82 bits per heavy atom. The lowest BCUT2D eigenvalue weighted by Gasteiger charge is -2.32. The van der Waals surface area contributed by atoms with E-state index in [4.69, 9.17) is 9.73 Å². The second-order valence-electron chi connectivity index (χ2n) is 5.15. The van der Waals surface area contributed by atoms with Gasteiger partial charge in [-0.15, -0.1) is 0 Å². The maximum absolute atomic E-state index is 12.6. The highest BCUT2D eigenvalue weighted by atomic mass is 32.2. The molecule has 0 N–H and O–H groups in total. The Morgan fingerprint density at radius 3 is 2.55 bits per heavy atom. The van der Waals surface area contributed by atoms with Gasteiger partial charge in [0, 0.05) is 4.90 Å². The quantitative estimate of drug-likeness (QED) is 0.796. The molecule has 0 saturated heterocycles. The molecule has 1 aliphatic rings. The molecule has 1 aliphatic heterocycles. The van der Waals surface area contributed by atoms with Crippen molar-refractivity contribution in [2.24, 2.45) is 4.99 Å². The smallest absolute Gasteiger partial charge is 0.328 e. The highest BCUT2D eigenvalue weighted by molar-refractivity contribution is 8.02. The second kappa shape index (κ2) is 5.97. The first-order valence-corrected chi connectivity index (χ1v) is 8.06. The van der Waals surface area contributed by atoms with E-state index in [0.29, 0.717) is 6.61 Å². The van der Waals surface area contributed by atoms with Gasteiger partial charge in [0.15, 0.2) is 4.75 Å². The number of nitrogens with zero attached hydrogens (tertiary/aromatic N) is 1. The fourth-order valence-electron chi connectivity index (χ4n) is 2.47. The molecule has 2 aromatic carbocycles. The van der Waals surface area contributed by atoms with E-state index in [1.807, 2.05) is 68.4 Å². The molecular weight excluding hydrogens is 294 g/mol. The predicted octanol–water partition coefficient (Wildman–Crippen LogP) is 4.23. The molecule has 3 nitrogen and oxygen atoms in total. The number of para-hydroxylation sites is 1. The summed E-state index contributed by atoms with van der Waals surface area (Å²) in [6.45, 7) is 4.07. The van der Waals surface area contributed by atoms with Crippen LogP contribution in [0.5, 0.6) is 0 Å². The zero-order valence-corrected chi connectivity index (χ0v) is 13.4. The fraction of sp³-hybridized carbons (Fsp3) is 0.222. The van der Waals surface area contributed by atoms with Gasteiger partial charge in [0.25, 0.3) is 0 Å². The maximum atomic E-state index is 12.6. The lowest BCUT2D eigenvalue weighted by atomic mass is 9.96. The Balaban J connectivity index is 2.15. The minimum atomic E-state index is -0.842. The summed E-state index contributed by atoms with van der Waals surface area (Å²) in [6, 6.07) is 17.7. The van der Waals surface area contributed by atoms with Crippen molar-refractivity contribution in [1.82, 2.24) is 0 Å². The standard InChI is InChI=1S/C18H17NO2S/c1-3-21-17(20)18(2)16(13-9-5-4-6-10-13)19-14-11-7-8-12-15(14)22-18/h4-12H,3H2,1-2H3. The summed E-state index contributed by atoms with van der Waals surface area (Å²) in [5.41, 5.74) is 2.59. The van der Waals surface area contributed by atoms with E-state index in [2.05, 4.69) is 0 Å². The summed E-state index contributed by atoms with van der Waals surface area (Å²) < 4.78 is 4.47. The van der Waals surface area contributed by atoms with Crippen molar-refractivity contribution < 1.29 is 9.53 Å². The van der Waals surface area contributed by atoms with Gasteiger partial charge in [-0.2, -0.15) is 0 Å². The van der Waals surface area contributed by atoms with Crippen LogP contribution in [-0.4, -0.2) is 23.0 Å². The van der Waals surface area contributed by atoms with Crippen LogP contribution in [0.2, 0.25) is 0 Å². The third kappa shape index (κ3) is 2.55. The van der Waals surface area contributed by atoms with Crippen molar-refractivity contribution in [3.05, 3.63) is 60.2 Å². The monoisotopic (exact) mass is 311 g/mol. The van der Waals surface area contributed by atoms with Gasteiger partial charge in [0.2, 0.25) is 0 Å². The summed E-state index contributed by atoms with van der Waals surface area (Å²) in [6.07, 6.45) is 0. The lowest BCUT2D eigenvalue weighted by molar-refractivity contribution is -0.143. The molecule has 1 atom stereocenters. The van der Waals surface area contributed by atoms with Crippen molar-refractivity contribution in [1.29, 1.82) is 0 Å². The molecule has 0 aliphatic carbocycles. The van der Waals surface area contributed by atoms with Gasteiger partial charge in [-0.1, -0.05) is 54.2 Å². The predicted molar refractivity (Wildman–Crippen MR) is 90.0 cm³/mol. The molecule has 112 valence electrons. The molecular formula is C18H17NO2S. The molecule has 0 fully saturated rings. The molecule has 3 rings (SSSR count). The van der Waals surface area contributed by atoms with Crippen molar-refractivity contribution in [2.45, 2.75) is 23.5 Å². The molecule has 1 heterocycles. The Kier molecular flexibility index (Phi) is 4.03. The van der Waals surface area contributed by atoms with Gasteiger partial charge in [0.05, 0.1) is 18.0 Å². The summed E-state index contributed by atoms with van der Waals surface area (Å²) in [5, 5.41) is 0. The van der Waals surface area contributed by atoms with E-state index < -0.39 is 4.75 Å². The minimum absolute atomic E-state index is 0.253. The fourth-order valence-corrected chi connectivity index (χ4v) is 3.68. The number of carbonyl (C=O) groups is 1. The van der Waals surface area contributed by atoms with Crippen LogP contribution in [0.4, 0.5) is 5.69 Å². The minimum Gasteiger partial charge on any atom is -0.465 e. The van der Waals surface area contributed by atoms with Crippen molar-refractivity contribution >= 4 is 29.1 Å². The molecule has 0 radical (unpaired) electrons. The zero-order valence-electron chi connectivity index (χ0n) is 12.6. The third-order valence-electron chi connectivity index (χ3n) is 3.58. The zero-order chi connectivity index (χ0) is 15.6. The summed E-state index contributed by atoms with van der Waals surface area (Å²) >= 11 is 1.50. The number of carbonyl (C=O) groups excluding carboxylic acids is 1. The molecule has 4 heteroatoms. The van der Waals surface area contributed by atoms with Gasteiger partial charge in [-0.25, -0.2) is 4.99 Å². The van der Waals surface area contributed by atoms with E-state index in [1.165, 1.54) is 11.8 Å². The van der Waals surface area contributed by atoms with Crippen LogP contribution in [0.1, 0.15) is 19.4 Å². The molecule has 22 heavy (non-hydrogen) atoms. The summed E-state index contributed by atoms with van der Waals surface area (Å²) in [7, 11) is 0. The first kappa shape index (κ1) is 14.9. The molecule has 0 bridgehead atoms. The van der Waals surface area contributed by atoms with Gasteiger partial charge in [0.1, 0.15) is 0 Å². The number of hydrogen-bond donors (Lipinski definition) is 0. The van der Waals surface area contributed by atoms with Crippen LogP contribution < -0.4 is 0 Å². The van der Waals surface area contributed by atoms with E-state index in [1.54, 1.807) is 0 Å². The number of thioether (sulfide) groups is 1. The number of esters is 1. The largest absolute Gasteiger partial charge is 0.465 e. The Morgan fingerprint density at radius 1 is 1.14 bits per heavy atom. The highest BCUT2D eigenvalue weighted by Crippen LogP contribution is 2.46. The van der Waals surface area contributed by atoms with Crippen LogP contribution in [0, 0.1) is 0 Å². The number of benzene rings is 2. The Bertz CT molecular complexity index is 727. The molecule has 0 saturated carbocycles. The van der Waals surface area contributed by atoms with E-state index in [-0.39, 0.29) is 5.97 Å². The first-order chi connectivity index (χ1) is 10.6. The third-order valence-corrected chi connectivity index (χ3v) is 4.91. The van der Waals surface area contributed by atoms with E-state index in [0.717, 1.165) is 21.9 Å². The average molecular weight is 311 g/mol. The second-order valence-corrected chi connectivity index (χ2v) is 6.61. The Labute approximate surface area is 134 Å². The molecule has 0 amide bonds. The average Bonchev–Trinajstić information content (AvgIpc) is 2.55. The molecule has 2 aromatic rings. The number of hydrogen-bond acceptors (Lipinski definition) is 4. The van der Waals surface area contributed by atoms with Gasteiger partial charge < -0.3 is 4.74 Å². The summed E-state index contributed by atoms with van der Waals surface area (Å²) in [5.74, 6) is -0.253. The van der Waals surface area contributed by atoms with Crippen LogP contribution in [0.3, 0.4) is 0 Å². The highest BCUT2D eigenvalue weighted by Gasteiger charge is 2.44. The van der Waals surface area contributed by atoms with Crippen LogP contribution in [0.15, 0.2) is 64.5 Å². The van der Waals surface area contributed by atoms with Crippen LogP contribution in [-0.2, 0) is 9.53 Å². The SMILES string of the molecule is CCOC(=O)C1(C)Sc2ccccc2N=C1c1ccccc1. The number of aliphatic imine (C=N–C) groups is 1. The number of ether oxygens (including phenoxy) is 1. The van der Waals surface area contributed by atoms with Crippen molar-refractivity contribution in [2.75, 3.05) is 6.61 Å². The van der Waals surface area contributed by atoms with E-state index >= 15 is 0 Å². The molecule has 0 aromatic heterocycles. The van der Waals surface area contributed by atoms with Crippen LogP contribution >= 0.6 is 11.8 Å². The van der Waals surface area contributed by atoms with Crippen LogP contribution in [0.25, 0.3) is 0 Å². The number of rotatable bonds is 3.